The molecule has 6 unspecified atom stereocenters. The fourth-order valence-corrected chi connectivity index (χ4v) is 8.01. The molecule has 4 amide bonds. The summed E-state index contributed by atoms with van der Waals surface area (Å²) in [6, 6.07) is 3.83. The van der Waals surface area contributed by atoms with Crippen LogP contribution in [0.3, 0.4) is 0 Å². The number of likely N-dealkylation sites (tertiary alicyclic amines) is 1. The minimum absolute atomic E-state index is 0.0318. The molecule has 1 N–H and O–H groups in total. The van der Waals surface area contributed by atoms with Crippen LogP contribution in [0, 0.1) is 46.8 Å². The van der Waals surface area contributed by atoms with Crippen molar-refractivity contribution in [3.63, 3.8) is 0 Å². The summed E-state index contributed by atoms with van der Waals surface area (Å²) in [4.78, 5) is 49.8. The Hall–Kier alpha value is -3.71. The number of halogens is 7. The molecule has 2 heterocycles. The average molecular weight is 659 g/mol. The summed E-state index contributed by atoms with van der Waals surface area (Å²) in [5, 5.41) is 10.3. The average Bonchev–Trinajstić information content (AvgIpc) is 3.30. The Morgan fingerprint density at radius 1 is 0.932 bits per heavy atom. The lowest BCUT2D eigenvalue weighted by atomic mass is 9.56. The van der Waals surface area contributed by atoms with Gasteiger partial charge in [-0.1, -0.05) is 17.7 Å². The van der Waals surface area contributed by atoms with Gasteiger partial charge in [-0.15, -0.1) is 23.2 Å². The van der Waals surface area contributed by atoms with Crippen molar-refractivity contribution >= 4 is 52.5 Å². The summed E-state index contributed by atoms with van der Waals surface area (Å²) in [5.41, 5.74) is -1.44. The van der Waals surface area contributed by atoms with E-state index in [0.29, 0.717) is 5.57 Å². The van der Waals surface area contributed by atoms with Gasteiger partial charge in [0.1, 0.15) is 5.69 Å². The number of ether oxygens (including phenoxy) is 1. The number of carbonyl (C=O) groups excluding carboxylic acids is 4. The number of imide groups is 2. The normalized spacial score (nSPS) is 31.2. The SMILES string of the molecule is CCOc1cc(C2C3=CCC4C(=O)N(C)C(=O)C4C3CC3(Cl)C(=O)N(c4c(F)c(F)c(F)c(F)c4F)C(=O)C23Cl)ccc1O. The molecule has 8 nitrogen and oxygen atoms in total. The molecular weight excluding hydrogens is 638 g/mol. The van der Waals surface area contributed by atoms with Crippen LogP contribution >= 0.6 is 23.2 Å². The van der Waals surface area contributed by atoms with Crippen LogP contribution in [0.5, 0.6) is 11.5 Å². The van der Waals surface area contributed by atoms with E-state index >= 15 is 8.78 Å². The minimum atomic E-state index is -2.65. The molecule has 0 radical (unpaired) electrons. The predicted octanol–water partition coefficient (Wildman–Crippen LogP) is 4.68. The van der Waals surface area contributed by atoms with Gasteiger partial charge in [0.05, 0.1) is 18.4 Å². The van der Waals surface area contributed by atoms with Crippen molar-refractivity contribution in [3.05, 3.63) is 64.5 Å². The lowest BCUT2D eigenvalue weighted by Crippen LogP contribution is -2.60. The third-order valence-corrected chi connectivity index (χ3v) is 10.5. The first-order valence-corrected chi connectivity index (χ1v) is 14.1. The summed E-state index contributed by atoms with van der Waals surface area (Å²) in [6.45, 7) is 1.72. The Balaban J connectivity index is 1.62. The van der Waals surface area contributed by atoms with E-state index in [2.05, 4.69) is 0 Å². The second-order valence-electron chi connectivity index (χ2n) is 11.1. The quantitative estimate of drug-likeness (QED) is 0.128. The number of nitrogens with zero attached hydrogens (tertiary/aromatic N) is 2. The van der Waals surface area contributed by atoms with E-state index in [0.717, 1.165) is 4.90 Å². The van der Waals surface area contributed by atoms with E-state index in [4.69, 9.17) is 27.9 Å². The zero-order chi connectivity index (χ0) is 32.2. The van der Waals surface area contributed by atoms with Crippen LogP contribution in [0.15, 0.2) is 29.8 Å². The number of hydrogen-bond acceptors (Lipinski definition) is 6. The highest BCUT2D eigenvalue weighted by atomic mass is 35.5. The monoisotopic (exact) mass is 658 g/mol. The van der Waals surface area contributed by atoms with Gasteiger partial charge in [-0.05, 0) is 43.4 Å². The molecule has 2 saturated heterocycles. The van der Waals surface area contributed by atoms with Gasteiger partial charge in [-0.3, -0.25) is 24.1 Å². The molecule has 232 valence electrons. The Kier molecular flexibility index (Phi) is 6.82. The third-order valence-electron chi connectivity index (χ3n) is 9.06. The number of rotatable bonds is 4. The molecule has 3 fully saturated rings. The van der Waals surface area contributed by atoms with Gasteiger partial charge in [-0.25, -0.2) is 26.9 Å². The van der Waals surface area contributed by atoms with E-state index in [1.807, 2.05) is 0 Å². The van der Waals surface area contributed by atoms with E-state index in [9.17, 15) is 37.5 Å². The molecule has 44 heavy (non-hydrogen) atoms. The van der Waals surface area contributed by atoms with Gasteiger partial charge in [0.25, 0.3) is 11.8 Å². The fourth-order valence-electron chi connectivity index (χ4n) is 7.08. The zero-order valence-electron chi connectivity index (χ0n) is 22.8. The van der Waals surface area contributed by atoms with Crippen molar-refractivity contribution in [1.29, 1.82) is 0 Å². The van der Waals surface area contributed by atoms with Gasteiger partial charge in [0, 0.05) is 13.0 Å². The highest BCUT2D eigenvalue weighted by molar-refractivity contribution is 6.58. The van der Waals surface area contributed by atoms with Gasteiger partial charge < -0.3 is 9.84 Å². The Morgan fingerprint density at radius 3 is 2.16 bits per heavy atom. The Bertz CT molecular complexity index is 1710. The summed E-state index contributed by atoms with van der Waals surface area (Å²) in [6.07, 6.45) is 1.01. The fraction of sp³-hybridized carbons (Fsp3) is 0.379. The van der Waals surface area contributed by atoms with Gasteiger partial charge in [0.15, 0.2) is 44.5 Å². The molecule has 2 aliphatic heterocycles. The predicted molar refractivity (Wildman–Crippen MR) is 143 cm³/mol. The highest BCUT2D eigenvalue weighted by Crippen LogP contribution is 2.66. The van der Waals surface area contributed by atoms with Crippen molar-refractivity contribution < 1.29 is 51.0 Å². The van der Waals surface area contributed by atoms with Crippen molar-refractivity contribution in [2.45, 2.75) is 35.4 Å². The first kappa shape index (κ1) is 30.3. The number of hydrogen-bond donors (Lipinski definition) is 1. The second kappa shape index (κ2) is 9.90. The number of carbonyl (C=O) groups is 4. The number of aromatic hydroxyl groups is 1. The summed E-state index contributed by atoms with van der Waals surface area (Å²) < 4.78 is 78.0. The highest BCUT2D eigenvalue weighted by Gasteiger charge is 2.77. The number of amides is 4. The Morgan fingerprint density at radius 2 is 1.55 bits per heavy atom. The molecule has 2 aromatic rings. The number of alkyl halides is 2. The van der Waals surface area contributed by atoms with Crippen molar-refractivity contribution in [2.75, 3.05) is 18.6 Å². The number of benzene rings is 2. The zero-order valence-corrected chi connectivity index (χ0v) is 24.3. The third kappa shape index (κ3) is 3.62. The van der Waals surface area contributed by atoms with Crippen LogP contribution in [0.2, 0.25) is 0 Å². The topological polar surface area (TPSA) is 104 Å². The molecule has 6 rings (SSSR count). The van der Waals surface area contributed by atoms with Gasteiger partial charge >= 0.3 is 0 Å². The summed E-state index contributed by atoms with van der Waals surface area (Å²) >= 11 is 14.0. The maximum absolute atomic E-state index is 15.0. The molecule has 2 aliphatic carbocycles. The number of fused-ring (bicyclic) bond motifs is 4. The van der Waals surface area contributed by atoms with Crippen molar-refractivity contribution in [2.24, 2.45) is 17.8 Å². The van der Waals surface area contributed by atoms with E-state index in [-0.39, 0.29) is 35.0 Å². The van der Waals surface area contributed by atoms with Crippen LogP contribution < -0.4 is 9.64 Å². The van der Waals surface area contributed by atoms with Gasteiger partial charge in [0.2, 0.25) is 17.6 Å². The summed E-state index contributed by atoms with van der Waals surface area (Å²) in [7, 11) is 1.29. The maximum atomic E-state index is 15.0. The van der Waals surface area contributed by atoms with E-state index < -0.39 is 98.2 Å². The standard InChI is InChI=1S/C29H21Cl2F5N2O6/c1-3-44-15-8-10(4-7-14(15)39)17-11-5-6-12-16(25(41)37(2)24(12)40)13(11)9-28(30)26(42)38(27(43)29(17,28)31)23-21(35)19(33)18(32)20(34)22(23)36/h4-5,7-8,12-13,16-17,39H,3,6,9H2,1-2H3. The summed E-state index contributed by atoms with van der Waals surface area (Å²) in [5.74, 6) is -21.2. The second-order valence-corrected chi connectivity index (χ2v) is 12.3. The Labute approximate surface area is 255 Å². The van der Waals surface area contributed by atoms with Crippen LogP contribution in [0.25, 0.3) is 0 Å². The lowest BCUT2D eigenvalue weighted by molar-refractivity contribution is -0.138. The largest absolute Gasteiger partial charge is 0.504 e. The molecule has 15 heteroatoms. The van der Waals surface area contributed by atoms with Crippen LogP contribution in [0.4, 0.5) is 27.6 Å². The van der Waals surface area contributed by atoms with E-state index in [1.165, 1.54) is 25.2 Å². The molecule has 0 spiro atoms. The van der Waals surface area contributed by atoms with Crippen LogP contribution in [-0.2, 0) is 19.2 Å². The first-order valence-electron chi connectivity index (χ1n) is 13.4. The number of allylic oxidation sites excluding steroid dienone is 2. The molecule has 2 aromatic carbocycles. The lowest BCUT2D eigenvalue weighted by Gasteiger charge is -2.50. The van der Waals surface area contributed by atoms with E-state index in [1.54, 1.807) is 13.0 Å². The molecule has 4 aliphatic rings. The molecule has 1 saturated carbocycles. The molecule has 0 bridgehead atoms. The van der Waals surface area contributed by atoms with Crippen LogP contribution in [-0.4, -0.2) is 57.0 Å². The van der Waals surface area contributed by atoms with Crippen LogP contribution in [0.1, 0.15) is 31.2 Å². The first-order chi connectivity index (χ1) is 20.6. The maximum Gasteiger partial charge on any atom is 0.258 e. The minimum Gasteiger partial charge on any atom is -0.504 e. The van der Waals surface area contributed by atoms with Crippen molar-refractivity contribution in [1.82, 2.24) is 4.90 Å². The van der Waals surface area contributed by atoms with Crippen molar-refractivity contribution in [3.8, 4) is 11.5 Å². The van der Waals surface area contributed by atoms with Gasteiger partial charge in [-0.2, -0.15) is 0 Å². The number of phenols is 1. The number of anilines is 1. The molecule has 0 aromatic heterocycles. The molecule has 6 atom stereocenters. The number of phenolic OH excluding ortho intramolecular Hbond substituents is 1. The smallest absolute Gasteiger partial charge is 0.258 e. The molecular formula is C29H21Cl2F5N2O6.